The fraction of sp³-hybridized carbons (Fsp3) is 0.105. The summed E-state index contributed by atoms with van der Waals surface area (Å²) in [4.78, 5) is 0. The van der Waals surface area contributed by atoms with Crippen LogP contribution in [-0.2, 0) is 20.2 Å². The van der Waals surface area contributed by atoms with E-state index in [1.165, 1.54) is 0 Å². The third-order valence-corrected chi connectivity index (χ3v) is 10.5. The third-order valence-electron chi connectivity index (χ3n) is 6.01. The molecular weight excluding hydrogens is 1050 g/mol. The Morgan fingerprint density at radius 1 is 0.518 bits per heavy atom. The molecular formula is C38H32Br4F6O6S2. The third kappa shape index (κ3) is 12.4. The van der Waals surface area contributed by atoms with E-state index < -0.39 is 53.5 Å². The summed E-state index contributed by atoms with van der Waals surface area (Å²) < 4.78 is 130. The van der Waals surface area contributed by atoms with Crippen LogP contribution >= 0.6 is 63.7 Å². The number of halogens is 10. The first kappa shape index (κ1) is 47.5. The van der Waals surface area contributed by atoms with E-state index in [2.05, 4.69) is 155 Å². The van der Waals surface area contributed by atoms with Crippen LogP contribution in [0.3, 0.4) is 0 Å². The summed E-state index contributed by atoms with van der Waals surface area (Å²) in [5.74, 6) is 28.7. The van der Waals surface area contributed by atoms with Crippen LogP contribution in [0.2, 0.25) is 0 Å². The van der Waals surface area contributed by atoms with Crippen molar-refractivity contribution in [3.63, 3.8) is 0 Å². The molecule has 0 N–H and O–H groups in total. The molecule has 4 aromatic rings. The quantitative estimate of drug-likeness (QED) is 0.0876. The molecule has 0 aliphatic carbocycles. The second-order valence-electron chi connectivity index (χ2n) is 9.54. The Labute approximate surface area is 364 Å². The molecule has 0 fully saturated rings. The number of fused-ring (bicyclic) bond motifs is 2. The van der Waals surface area contributed by atoms with E-state index in [4.69, 9.17) is 12.8 Å². The molecule has 0 aliphatic rings. The van der Waals surface area contributed by atoms with E-state index in [-0.39, 0.29) is 20.4 Å². The van der Waals surface area contributed by atoms with Gasteiger partial charge in [-0.05, 0) is 172 Å². The average molecular weight is 1080 g/mol. The minimum atomic E-state index is -6.13. The van der Waals surface area contributed by atoms with Gasteiger partial charge in [-0.25, -0.2) is 0 Å². The molecule has 0 unspecified atom stereocenters. The number of alkyl halides is 6. The van der Waals surface area contributed by atoms with Crippen molar-refractivity contribution in [2.24, 2.45) is 0 Å². The average Bonchev–Trinajstić information content (AvgIpc) is 3.11. The zero-order valence-electron chi connectivity index (χ0n) is 27.8. The lowest BCUT2D eigenvalue weighted by molar-refractivity contribution is -0.0505. The van der Waals surface area contributed by atoms with E-state index in [1.54, 1.807) is 0 Å². The van der Waals surface area contributed by atoms with Crippen LogP contribution in [0.4, 0.5) is 26.3 Å². The molecule has 0 spiro atoms. The van der Waals surface area contributed by atoms with Crippen molar-refractivity contribution in [2.75, 3.05) is 0 Å². The van der Waals surface area contributed by atoms with E-state index in [9.17, 15) is 43.2 Å². The van der Waals surface area contributed by atoms with Gasteiger partial charge in [-0.3, -0.25) is 0 Å². The molecule has 0 atom stereocenters. The van der Waals surface area contributed by atoms with Gasteiger partial charge >= 0.3 is 31.3 Å². The van der Waals surface area contributed by atoms with Crippen molar-refractivity contribution in [1.82, 2.24) is 0 Å². The minimum Gasteiger partial charge on any atom is -0.374 e. The van der Waals surface area contributed by atoms with Crippen LogP contribution < -0.4 is 8.37 Å². The molecule has 0 bridgehead atoms. The maximum absolute atomic E-state index is 12.6. The topological polar surface area (TPSA) is 86.7 Å². The zero-order chi connectivity index (χ0) is 42.5. The Balaban J connectivity index is -0.000000158. The van der Waals surface area contributed by atoms with E-state index >= 15 is 0 Å². The molecule has 0 radical (unpaired) electrons. The molecule has 0 amide bonds. The Hall–Kier alpha value is -4.68. The van der Waals surface area contributed by atoms with Gasteiger partial charge in [0, 0.05) is 42.3 Å². The van der Waals surface area contributed by atoms with Crippen LogP contribution in [0.15, 0.2) is 66.4 Å². The highest BCUT2D eigenvalue weighted by Crippen LogP contribution is 2.44. The first-order valence-electron chi connectivity index (χ1n) is 14.2. The highest BCUT2D eigenvalue weighted by atomic mass is 79.9. The summed E-state index contributed by atoms with van der Waals surface area (Å²) in [5, 5.41) is 1.30. The van der Waals surface area contributed by atoms with Gasteiger partial charge in [0.2, 0.25) is 0 Å². The van der Waals surface area contributed by atoms with Gasteiger partial charge in [-0.15, -0.1) is 24.7 Å². The number of terminal acetylenes is 2. The van der Waals surface area contributed by atoms with Crippen molar-refractivity contribution in [1.29, 1.82) is 0 Å². The lowest BCUT2D eigenvalue weighted by atomic mass is 10.0. The smallest absolute Gasteiger partial charge is 0.374 e. The predicted octanol–water partition coefficient (Wildman–Crippen LogP) is 12.2. The fourth-order valence-corrected chi connectivity index (χ4v) is 6.78. The summed E-state index contributed by atoms with van der Waals surface area (Å²) in [6.45, 7) is 3.69. The molecule has 0 aliphatic heterocycles. The number of rotatable bonds is 4. The van der Waals surface area contributed by atoms with Crippen molar-refractivity contribution in [2.45, 2.75) is 24.9 Å². The van der Waals surface area contributed by atoms with Crippen molar-refractivity contribution in [3.05, 3.63) is 77.5 Å². The summed E-state index contributed by atoms with van der Waals surface area (Å²) in [7, 11) is -12.3. The molecule has 0 heterocycles. The standard InChI is InChI=1S/C16H10Br2.C12H4Br2F6O6S2.C10H2.8H2/c1-3-5-13-11-7-10-16(18)14(6-4-2)12(11)8-9-15(13)17;13-7-3-1-5-6(10(7)26-28(23,24)12(18,19)20)2-4-8(14)9(5)25-27(21,22)11(15,16)17;1-3-5-7-9-10-8-6-4-2;;;;;;;;/h7-10H,1-2H3;1-4H;1-2H;8*1H. The second-order valence-corrected chi connectivity index (χ2v) is 16.0. The highest BCUT2D eigenvalue weighted by Gasteiger charge is 2.50. The van der Waals surface area contributed by atoms with Gasteiger partial charge in [0.05, 0.1) is 8.95 Å². The summed E-state index contributed by atoms with van der Waals surface area (Å²) >= 11 is 12.6. The lowest BCUT2D eigenvalue weighted by Crippen LogP contribution is -2.28. The molecule has 4 rings (SSSR count). The van der Waals surface area contributed by atoms with Gasteiger partial charge in [0.25, 0.3) is 0 Å². The van der Waals surface area contributed by atoms with Gasteiger partial charge in [0.1, 0.15) is 0 Å². The van der Waals surface area contributed by atoms with Crippen LogP contribution in [-0.4, -0.2) is 27.9 Å². The SMILES string of the molecule is C#CC#CC#CC#CC#C.CC#Cc1c(Br)ccc2c(C#CC)c(Br)ccc12.O=S(=O)(Oc1c(Br)ccc2c(OS(=O)(=O)C(F)(F)F)c(Br)ccc12)C(F)(F)F.[HH].[HH].[HH].[HH].[HH].[HH].[HH].[HH]. The van der Waals surface area contributed by atoms with Crippen LogP contribution in [0, 0.1) is 83.9 Å². The fourth-order valence-electron chi connectivity index (χ4n) is 3.83. The summed E-state index contributed by atoms with van der Waals surface area (Å²) in [6, 6.07) is 12.0. The molecule has 18 heteroatoms. The molecule has 56 heavy (non-hydrogen) atoms. The maximum atomic E-state index is 12.6. The monoisotopic (exact) mass is 1080 g/mol. The Morgan fingerprint density at radius 2 is 0.804 bits per heavy atom. The summed E-state index contributed by atoms with van der Waals surface area (Å²) in [6.07, 6.45) is 9.62. The number of benzene rings is 4. The molecule has 6 nitrogen and oxygen atoms in total. The molecule has 4 aromatic carbocycles. The predicted molar refractivity (Wildman–Crippen MR) is 233 cm³/mol. The second kappa shape index (κ2) is 20.5. The van der Waals surface area contributed by atoms with E-state index in [0.29, 0.717) is 0 Å². The molecule has 0 saturated carbocycles. The van der Waals surface area contributed by atoms with Gasteiger partial charge < -0.3 is 8.37 Å². The van der Waals surface area contributed by atoms with Gasteiger partial charge in [-0.2, -0.15) is 43.2 Å². The molecule has 0 saturated heterocycles. The normalized spacial score (nSPS) is 10.4. The number of hydrogen-bond donors (Lipinski definition) is 0. The van der Waals surface area contributed by atoms with Crippen molar-refractivity contribution < 1.29 is 63.0 Å². The van der Waals surface area contributed by atoms with E-state index in [1.807, 2.05) is 26.0 Å². The maximum Gasteiger partial charge on any atom is 0.534 e. The van der Waals surface area contributed by atoms with Crippen LogP contribution in [0.1, 0.15) is 36.4 Å². The van der Waals surface area contributed by atoms with Gasteiger partial charge in [-0.1, -0.05) is 24.0 Å². The van der Waals surface area contributed by atoms with Gasteiger partial charge in [0.15, 0.2) is 11.5 Å². The van der Waals surface area contributed by atoms with E-state index in [0.717, 1.165) is 55.1 Å². The number of hydrogen-bond acceptors (Lipinski definition) is 6. The molecule has 302 valence electrons. The molecule has 0 aromatic heterocycles. The zero-order valence-corrected chi connectivity index (χ0v) is 35.8. The largest absolute Gasteiger partial charge is 0.534 e. The van der Waals surface area contributed by atoms with Crippen LogP contribution in [0.5, 0.6) is 11.5 Å². The Morgan fingerprint density at radius 3 is 1.09 bits per heavy atom. The van der Waals surface area contributed by atoms with Crippen molar-refractivity contribution in [3.8, 4) is 95.4 Å². The Bertz CT molecular complexity index is 2680. The lowest BCUT2D eigenvalue weighted by Gasteiger charge is -2.16. The Kier molecular flexibility index (Phi) is 17.4. The first-order chi connectivity index (χ1) is 26.1. The van der Waals surface area contributed by atoms with Crippen molar-refractivity contribution >= 4 is 106 Å². The first-order valence-corrected chi connectivity index (χ1v) is 20.2. The van der Waals surface area contributed by atoms with Crippen LogP contribution in [0.25, 0.3) is 21.5 Å². The summed E-state index contributed by atoms with van der Waals surface area (Å²) in [5.41, 5.74) is -9.55. The highest BCUT2D eigenvalue weighted by molar-refractivity contribution is 9.11. The minimum absolute atomic E-state index is 0.